The molecule has 0 aromatic rings. The summed E-state index contributed by atoms with van der Waals surface area (Å²) in [7, 11) is 3.56. The molecular weight excluding hydrogens is 126 g/mol. The van der Waals surface area contributed by atoms with E-state index in [9.17, 15) is 4.79 Å². The van der Waals surface area contributed by atoms with E-state index in [4.69, 9.17) is 0 Å². The number of carbonyl (C=O) groups excluding carboxylic acids is 1. The molecule has 0 aliphatic carbocycles. The summed E-state index contributed by atoms with van der Waals surface area (Å²) in [5.41, 5.74) is 0. The van der Waals surface area contributed by atoms with Gasteiger partial charge in [-0.3, -0.25) is 4.90 Å². The fourth-order valence-corrected chi connectivity index (χ4v) is 0.345. The largest absolute Gasteiger partial charge is 0.394 e. The van der Waals surface area contributed by atoms with E-state index < -0.39 is 0 Å². The zero-order valence-electron chi connectivity index (χ0n) is 4.92. The van der Waals surface area contributed by atoms with Crippen LogP contribution in [0.15, 0.2) is 0 Å². The van der Waals surface area contributed by atoms with E-state index >= 15 is 0 Å². The molecule has 0 rings (SSSR count). The molecule has 0 saturated heterocycles. The van der Waals surface area contributed by atoms with E-state index in [1.807, 2.05) is 0 Å². The van der Waals surface area contributed by atoms with Crippen molar-refractivity contribution >= 4 is 18.9 Å². The van der Waals surface area contributed by atoms with E-state index in [2.05, 4.69) is 17.1 Å². The van der Waals surface area contributed by atoms with E-state index in [0.717, 1.165) is 0 Å². The Hall–Kier alpha value is -0.220. The smallest absolute Gasteiger partial charge is 0.331 e. The second-order valence-electron chi connectivity index (χ2n) is 1.70. The van der Waals surface area contributed by atoms with Crippen molar-refractivity contribution in [2.24, 2.45) is 0 Å². The second kappa shape index (κ2) is 3.74. The van der Waals surface area contributed by atoms with Gasteiger partial charge in [-0.05, 0) is 14.1 Å². The second-order valence-corrected chi connectivity index (χ2v) is 1.88. The number of nitrogens with zero attached hydrogens (tertiary/aromatic N) is 1. The van der Waals surface area contributed by atoms with Gasteiger partial charge in [-0.1, -0.05) is 0 Å². The molecule has 0 radical (unpaired) electrons. The Morgan fingerprint density at radius 3 is 2.38 bits per heavy atom. The molecule has 0 heterocycles. The highest BCUT2D eigenvalue weighted by molar-refractivity contribution is 7.75. The van der Waals surface area contributed by atoms with Crippen molar-refractivity contribution in [3.05, 3.63) is 0 Å². The van der Waals surface area contributed by atoms with Crippen LogP contribution in [0.5, 0.6) is 0 Å². The third kappa shape index (κ3) is 3.95. The topological polar surface area (TPSA) is 29.5 Å². The summed E-state index contributed by atoms with van der Waals surface area (Å²) in [6, 6.07) is 0. The van der Waals surface area contributed by atoms with Crippen LogP contribution in [0.1, 0.15) is 0 Å². The molecule has 0 saturated carbocycles. The van der Waals surface area contributed by atoms with Crippen LogP contribution in [0.3, 0.4) is 0 Å². The average Bonchev–Trinajstić information content (AvgIpc) is 1.65. The van der Waals surface area contributed by atoms with Gasteiger partial charge in [0, 0.05) is 12.9 Å². The van der Waals surface area contributed by atoms with E-state index in [-0.39, 0.29) is 12.5 Å². The molecule has 0 unspecified atom stereocenters. The summed E-state index contributed by atoms with van der Waals surface area (Å²) >= 11 is 3.31. The lowest BCUT2D eigenvalue weighted by Crippen LogP contribution is -2.21. The molecule has 3 nitrogen and oxygen atoms in total. The summed E-state index contributed by atoms with van der Waals surface area (Å²) < 4.78 is 4.07. The first-order valence-electron chi connectivity index (χ1n) is 2.16. The minimum absolute atomic E-state index is 0.281. The molecule has 0 amide bonds. The van der Waals surface area contributed by atoms with Crippen molar-refractivity contribution in [2.45, 2.75) is 0 Å². The average molecular weight is 135 g/mol. The fourth-order valence-electron chi connectivity index (χ4n) is 0.287. The Morgan fingerprint density at radius 2 is 2.25 bits per heavy atom. The molecule has 0 aromatic heterocycles. The van der Waals surface area contributed by atoms with Gasteiger partial charge in [-0.15, -0.1) is 0 Å². The normalized spacial score (nSPS) is 9.50. The fraction of sp³-hybridized carbons (Fsp3) is 0.750. The number of likely N-dealkylation sites (N-methyl/N-ethyl adjacent to an activating group) is 1. The van der Waals surface area contributed by atoms with Crippen molar-refractivity contribution in [3.63, 3.8) is 0 Å². The van der Waals surface area contributed by atoms with E-state index in [1.54, 1.807) is 19.0 Å². The molecule has 48 valence electrons. The number of carbonyl (C=O) groups is 1. The van der Waals surface area contributed by atoms with Crippen LogP contribution in [-0.4, -0.2) is 31.5 Å². The van der Waals surface area contributed by atoms with Gasteiger partial charge in [0.15, 0.2) is 0 Å². The number of rotatable bonds is 2. The molecule has 0 aliphatic rings. The van der Waals surface area contributed by atoms with Crippen molar-refractivity contribution in [3.8, 4) is 0 Å². The first-order valence-corrected chi connectivity index (χ1v) is 2.52. The van der Waals surface area contributed by atoms with Gasteiger partial charge in [0.1, 0.15) is 0 Å². The van der Waals surface area contributed by atoms with Gasteiger partial charge in [0.05, 0.1) is 6.54 Å². The minimum atomic E-state index is -0.335. The highest BCUT2D eigenvalue weighted by Gasteiger charge is 1.99. The maximum absolute atomic E-state index is 10.3. The summed E-state index contributed by atoms with van der Waals surface area (Å²) in [6.07, 6.45) is 0. The van der Waals surface area contributed by atoms with E-state index in [0.29, 0.717) is 0 Å². The van der Waals surface area contributed by atoms with Crippen molar-refractivity contribution in [2.75, 3.05) is 20.6 Å². The SMILES string of the molecule is CN(C)CC(=O)OS. The Kier molecular flexibility index (Phi) is 3.64. The first kappa shape index (κ1) is 7.78. The lowest BCUT2D eigenvalue weighted by Gasteiger charge is -2.04. The lowest BCUT2D eigenvalue weighted by molar-refractivity contribution is -0.133. The predicted octanol–water partition coefficient (Wildman–Crippen LogP) is -0.0640. The maximum atomic E-state index is 10.3. The van der Waals surface area contributed by atoms with E-state index in [1.165, 1.54) is 0 Å². The molecule has 0 fully saturated rings. The minimum Gasteiger partial charge on any atom is -0.394 e. The zero-order chi connectivity index (χ0) is 6.57. The zero-order valence-corrected chi connectivity index (χ0v) is 5.81. The van der Waals surface area contributed by atoms with Crippen LogP contribution in [0.25, 0.3) is 0 Å². The van der Waals surface area contributed by atoms with Gasteiger partial charge in [-0.25, -0.2) is 4.79 Å². The molecule has 8 heavy (non-hydrogen) atoms. The van der Waals surface area contributed by atoms with Gasteiger partial charge in [0.2, 0.25) is 0 Å². The Bertz CT molecular complexity index is 84.1. The number of thiol groups is 1. The summed E-state index contributed by atoms with van der Waals surface area (Å²) in [5, 5.41) is 0. The van der Waals surface area contributed by atoms with Crippen LogP contribution in [0, 0.1) is 0 Å². The number of hydrogen-bond acceptors (Lipinski definition) is 4. The monoisotopic (exact) mass is 135 g/mol. The highest BCUT2D eigenvalue weighted by Crippen LogP contribution is 1.82. The molecule has 0 bridgehead atoms. The Morgan fingerprint density at radius 1 is 1.75 bits per heavy atom. The summed E-state index contributed by atoms with van der Waals surface area (Å²) in [5.74, 6) is -0.335. The van der Waals surface area contributed by atoms with Gasteiger partial charge < -0.3 is 4.18 Å². The molecule has 0 aromatic carbocycles. The van der Waals surface area contributed by atoms with Crippen LogP contribution in [-0.2, 0) is 8.98 Å². The first-order chi connectivity index (χ1) is 3.66. The Balaban J connectivity index is 3.25. The summed E-state index contributed by atoms with van der Waals surface area (Å²) in [6.45, 7) is 0.281. The third-order valence-electron chi connectivity index (χ3n) is 0.547. The maximum Gasteiger partial charge on any atom is 0.331 e. The van der Waals surface area contributed by atoms with Crippen molar-refractivity contribution in [1.29, 1.82) is 0 Å². The molecule has 0 spiro atoms. The van der Waals surface area contributed by atoms with Crippen LogP contribution < -0.4 is 0 Å². The van der Waals surface area contributed by atoms with Gasteiger partial charge in [0.25, 0.3) is 0 Å². The van der Waals surface area contributed by atoms with Crippen LogP contribution in [0.4, 0.5) is 0 Å². The van der Waals surface area contributed by atoms with Crippen molar-refractivity contribution in [1.82, 2.24) is 4.90 Å². The predicted molar refractivity (Wildman–Crippen MR) is 33.6 cm³/mol. The third-order valence-corrected chi connectivity index (χ3v) is 0.751. The van der Waals surface area contributed by atoms with Crippen LogP contribution in [0.2, 0.25) is 0 Å². The quantitative estimate of drug-likeness (QED) is 0.425. The van der Waals surface area contributed by atoms with Gasteiger partial charge >= 0.3 is 5.97 Å². The van der Waals surface area contributed by atoms with Gasteiger partial charge in [-0.2, -0.15) is 0 Å². The Labute approximate surface area is 54.2 Å². The summed E-state index contributed by atoms with van der Waals surface area (Å²) in [4.78, 5) is 12.0. The van der Waals surface area contributed by atoms with Crippen LogP contribution >= 0.6 is 12.9 Å². The highest BCUT2D eigenvalue weighted by atomic mass is 32.1. The standard InChI is InChI=1S/C4H9NO2S/c1-5(2)3-4(6)7-8/h8H,3H2,1-2H3. The lowest BCUT2D eigenvalue weighted by atomic mass is 10.6. The molecule has 0 atom stereocenters. The van der Waals surface area contributed by atoms with Crippen molar-refractivity contribution < 1.29 is 8.98 Å². The molecule has 0 N–H and O–H groups in total. The number of hydrogen-bond donors (Lipinski definition) is 1. The molecule has 0 aliphatic heterocycles. The molecular formula is C4H9NO2S. The molecule has 4 heteroatoms.